The molecule has 0 saturated carbocycles. The summed E-state index contributed by atoms with van der Waals surface area (Å²) in [5.41, 5.74) is 0. The first-order valence-corrected chi connectivity index (χ1v) is 4.89. The van der Waals surface area contributed by atoms with Gasteiger partial charge in [0, 0.05) is 6.04 Å². The van der Waals surface area contributed by atoms with Crippen LogP contribution in [0.3, 0.4) is 0 Å². The van der Waals surface area contributed by atoms with Gasteiger partial charge in [-0.2, -0.15) is 0 Å². The Labute approximate surface area is 74.9 Å². The number of hydrogen-bond acceptors (Lipinski definition) is 2. The Kier molecular flexibility index (Phi) is 3.27. The van der Waals surface area contributed by atoms with Gasteiger partial charge in [0.1, 0.15) is 5.78 Å². The minimum Gasteiger partial charge on any atom is -0.298 e. The molecule has 1 aliphatic rings. The molecular formula is C10H19NO. The second kappa shape index (κ2) is 4.04. The van der Waals surface area contributed by atoms with Crippen LogP contribution >= 0.6 is 0 Å². The largest absolute Gasteiger partial charge is 0.298 e. The molecule has 0 radical (unpaired) electrons. The topological polar surface area (TPSA) is 20.3 Å². The Bertz CT molecular complexity index is 165. The number of carbonyl (C=O) groups excluding carboxylic acids is 1. The normalized spacial score (nSPS) is 26.2. The van der Waals surface area contributed by atoms with Gasteiger partial charge in [0.2, 0.25) is 0 Å². The molecule has 0 aromatic rings. The quantitative estimate of drug-likeness (QED) is 0.628. The van der Waals surface area contributed by atoms with E-state index < -0.39 is 0 Å². The van der Waals surface area contributed by atoms with Crippen molar-refractivity contribution in [1.29, 1.82) is 0 Å². The molecule has 1 unspecified atom stereocenters. The van der Waals surface area contributed by atoms with Crippen molar-refractivity contribution in [3.63, 3.8) is 0 Å². The van der Waals surface area contributed by atoms with Gasteiger partial charge in [-0.1, -0.05) is 6.42 Å². The third-order valence-corrected chi connectivity index (χ3v) is 2.68. The van der Waals surface area contributed by atoms with E-state index >= 15 is 0 Å². The highest BCUT2D eigenvalue weighted by molar-refractivity contribution is 5.81. The molecule has 0 bridgehead atoms. The minimum absolute atomic E-state index is 0.207. The van der Waals surface area contributed by atoms with Crippen LogP contribution in [0.1, 0.15) is 40.0 Å². The van der Waals surface area contributed by atoms with Gasteiger partial charge >= 0.3 is 0 Å². The number of carbonyl (C=O) groups is 1. The number of nitrogens with zero attached hydrogens (tertiary/aromatic N) is 1. The molecule has 1 heterocycles. The number of hydrogen-bond donors (Lipinski definition) is 0. The van der Waals surface area contributed by atoms with Crippen molar-refractivity contribution >= 4 is 5.78 Å². The highest BCUT2D eigenvalue weighted by atomic mass is 16.1. The van der Waals surface area contributed by atoms with E-state index in [9.17, 15) is 4.79 Å². The molecule has 12 heavy (non-hydrogen) atoms. The molecule has 1 fully saturated rings. The third kappa shape index (κ3) is 2.07. The molecule has 70 valence electrons. The summed E-state index contributed by atoms with van der Waals surface area (Å²) in [5.74, 6) is 0.336. The molecule has 0 amide bonds. The third-order valence-electron chi connectivity index (χ3n) is 2.68. The first kappa shape index (κ1) is 9.72. The Morgan fingerprint density at radius 3 is 2.50 bits per heavy atom. The maximum Gasteiger partial charge on any atom is 0.146 e. The van der Waals surface area contributed by atoms with Crippen molar-refractivity contribution < 1.29 is 4.79 Å². The van der Waals surface area contributed by atoms with Crippen molar-refractivity contribution in [3.05, 3.63) is 0 Å². The molecule has 2 heteroatoms. The van der Waals surface area contributed by atoms with Crippen LogP contribution in [0.25, 0.3) is 0 Å². The summed E-state index contributed by atoms with van der Waals surface area (Å²) in [5, 5.41) is 0. The number of Topliss-reactive ketones (excluding diaryl/α,β-unsaturated/α-hetero) is 1. The van der Waals surface area contributed by atoms with Gasteiger partial charge in [-0.25, -0.2) is 0 Å². The molecule has 0 spiro atoms. The zero-order chi connectivity index (χ0) is 9.14. The summed E-state index contributed by atoms with van der Waals surface area (Å²) < 4.78 is 0. The van der Waals surface area contributed by atoms with Crippen LogP contribution in [0.2, 0.25) is 0 Å². The van der Waals surface area contributed by atoms with Crippen LogP contribution in [-0.4, -0.2) is 29.3 Å². The summed E-state index contributed by atoms with van der Waals surface area (Å²) in [7, 11) is 0. The first-order chi connectivity index (χ1) is 5.63. The first-order valence-electron chi connectivity index (χ1n) is 4.89. The summed E-state index contributed by atoms with van der Waals surface area (Å²) in [6.45, 7) is 7.15. The monoisotopic (exact) mass is 169 g/mol. The highest BCUT2D eigenvalue weighted by Crippen LogP contribution is 2.19. The Morgan fingerprint density at radius 1 is 1.42 bits per heavy atom. The smallest absolute Gasteiger partial charge is 0.146 e. The second-order valence-electron chi connectivity index (χ2n) is 3.95. The second-order valence-corrected chi connectivity index (χ2v) is 3.95. The lowest BCUT2D eigenvalue weighted by Gasteiger charge is -2.37. The average Bonchev–Trinajstić information content (AvgIpc) is 2.04. The van der Waals surface area contributed by atoms with Gasteiger partial charge in [-0.05, 0) is 40.2 Å². The van der Waals surface area contributed by atoms with Gasteiger partial charge in [-0.15, -0.1) is 0 Å². The Hall–Kier alpha value is -0.370. The van der Waals surface area contributed by atoms with Gasteiger partial charge in [0.25, 0.3) is 0 Å². The molecule has 0 aliphatic carbocycles. The predicted octanol–water partition coefficient (Wildman–Crippen LogP) is 1.84. The fraction of sp³-hybridized carbons (Fsp3) is 0.900. The zero-order valence-corrected chi connectivity index (χ0v) is 8.34. The van der Waals surface area contributed by atoms with Crippen LogP contribution in [0.5, 0.6) is 0 Å². The van der Waals surface area contributed by atoms with Crippen LogP contribution in [0.15, 0.2) is 0 Å². The van der Waals surface area contributed by atoms with E-state index in [4.69, 9.17) is 0 Å². The fourth-order valence-electron chi connectivity index (χ4n) is 2.01. The van der Waals surface area contributed by atoms with E-state index in [0.29, 0.717) is 11.8 Å². The lowest BCUT2D eigenvalue weighted by Crippen LogP contribution is -2.47. The molecule has 1 atom stereocenters. The molecule has 1 aliphatic heterocycles. The molecule has 1 saturated heterocycles. The van der Waals surface area contributed by atoms with E-state index in [-0.39, 0.29) is 6.04 Å². The Morgan fingerprint density at radius 2 is 2.08 bits per heavy atom. The molecule has 1 rings (SSSR count). The Balaban J connectivity index is 2.60. The predicted molar refractivity (Wildman–Crippen MR) is 50.2 cm³/mol. The average molecular weight is 169 g/mol. The molecule has 0 N–H and O–H groups in total. The van der Waals surface area contributed by atoms with Crippen molar-refractivity contribution in [1.82, 2.24) is 4.90 Å². The lowest BCUT2D eigenvalue weighted by molar-refractivity contribution is -0.124. The van der Waals surface area contributed by atoms with Gasteiger partial charge < -0.3 is 0 Å². The van der Waals surface area contributed by atoms with Gasteiger partial charge in [0.05, 0.1) is 6.04 Å². The van der Waals surface area contributed by atoms with Crippen molar-refractivity contribution in [2.75, 3.05) is 6.54 Å². The number of likely N-dealkylation sites (tertiary alicyclic amines) is 1. The van der Waals surface area contributed by atoms with E-state index in [0.717, 1.165) is 13.0 Å². The van der Waals surface area contributed by atoms with E-state index in [2.05, 4.69) is 18.7 Å². The molecule has 0 aromatic carbocycles. The summed E-state index contributed by atoms with van der Waals surface area (Å²) >= 11 is 0. The van der Waals surface area contributed by atoms with Crippen LogP contribution in [-0.2, 0) is 4.79 Å². The number of rotatable bonds is 2. The van der Waals surface area contributed by atoms with Gasteiger partial charge in [0.15, 0.2) is 0 Å². The zero-order valence-electron chi connectivity index (χ0n) is 8.34. The fourth-order valence-corrected chi connectivity index (χ4v) is 2.01. The van der Waals surface area contributed by atoms with E-state index in [1.165, 1.54) is 12.8 Å². The minimum atomic E-state index is 0.207. The lowest BCUT2D eigenvalue weighted by atomic mass is 9.98. The van der Waals surface area contributed by atoms with Crippen LogP contribution < -0.4 is 0 Å². The van der Waals surface area contributed by atoms with Crippen LogP contribution in [0.4, 0.5) is 0 Å². The maximum absolute atomic E-state index is 11.3. The van der Waals surface area contributed by atoms with E-state index in [1.807, 2.05) is 0 Å². The summed E-state index contributed by atoms with van der Waals surface area (Å²) in [6.07, 6.45) is 3.53. The van der Waals surface area contributed by atoms with Crippen molar-refractivity contribution in [2.24, 2.45) is 0 Å². The highest BCUT2D eigenvalue weighted by Gasteiger charge is 2.27. The maximum atomic E-state index is 11.3. The number of piperidine rings is 1. The van der Waals surface area contributed by atoms with Gasteiger partial charge in [-0.3, -0.25) is 9.69 Å². The molecule has 0 aromatic heterocycles. The summed E-state index contributed by atoms with van der Waals surface area (Å²) in [4.78, 5) is 13.6. The van der Waals surface area contributed by atoms with E-state index in [1.54, 1.807) is 6.92 Å². The van der Waals surface area contributed by atoms with Crippen LogP contribution in [0, 0.1) is 0 Å². The summed E-state index contributed by atoms with van der Waals surface area (Å²) in [6, 6.07) is 0.720. The van der Waals surface area contributed by atoms with Crippen molar-refractivity contribution in [3.8, 4) is 0 Å². The SMILES string of the molecule is CC(=O)C1CCCCN1C(C)C. The number of ketones is 1. The molecule has 2 nitrogen and oxygen atoms in total. The van der Waals surface area contributed by atoms with Crippen molar-refractivity contribution in [2.45, 2.75) is 52.1 Å². The molecular weight excluding hydrogens is 150 g/mol. The standard InChI is InChI=1S/C10H19NO/c1-8(2)11-7-5-4-6-10(11)9(3)12/h8,10H,4-7H2,1-3H3.